The number of hydrogen-bond donors (Lipinski definition) is 3. The predicted molar refractivity (Wildman–Crippen MR) is 218 cm³/mol. The van der Waals surface area contributed by atoms with Crippen LogP contribution >= 0.6 is 11.6 Å². The van der Waals surface area contributed by atoms with Crippen molar-refractivity contribution in [3.8, 4) is 34.4 Å². The number of nitrogens with zero attached hydrogens (tertiary/aromatic N) is 2. The molecule has 0 radical (unpaired) electrons. The third-order valence-electron chi connectivity index (χ3n) is 10.7. The van der Waals surface area contributed by atoms with Gasteiger partial charge in [-0.3, -0.25) is 9.59 Å². The largest absolute Gasteiger partial charge is 0.493 e. The van der Waals surface area contributed by atoms with Crippen molar-refractivity contribution in [3.05, 3.63) is 111 Å². The fraction of sp³-hybridized carbons (Fsp3) is 0.400. The van der Waals surface area contributed by atoms with Crippen LogP contribution in [0.4, 0.5) is 4.39 Å². The highest BCUT2D eigenvalue weighted by Gasteiger charge is 2.21. The molecule has 0 spiro atoms. The monoisotopic (exact) mass is 796 g/mol. The van der Waals surface area contributed by atoms with Gasteiger partial charge in [0.1, 0.15) is 42.7 Å². The average Bonchev–Trinajstić information content (AvgIpc) is 3.20. The van der Waals surface area contributed by atoms with Gasteiger partial charge in [0.2, 0.25) is 0 Å². The van der Waals surface area contributed by atoms with Gasteiger partial charge in [-0.1, -0.05) is 41.9 Å². The first-order valence-electron chi connectivity index (χ1n) is 19.6. The van der Waals surface area contributed by atoms with Crippen molar-refractivity contribution in [2.24, 2.45) is 0 Å². The first kappa shape index (κ1) is 41.5. The molecule has 3 N–H and O–H groups in total. The van der Waals surface area contributed by atoms with Crippen molar-refractivity contribution in [1.29, 1.82) is 5.26 Å². The van der Waals surface area contributed by atoms with Crippen LogP contribution in [0.2, 0.25) is 5.02 Å². The number of aliphatic carboxylic acids is 1. The molecule has 2 heterocycles. The molecule has 2 aliphatic heterocycles. The van der Waals surface area contributed by atoms with Crippen molar-refractivity contribution < 1.29 is 33.3 Å². The third-order valence-corrected chi connectivity index (χ3v) is 11.0. The maximum absolute atomic E-state index is 13.5. The number of carbonyl (C=O) groups is 2. The Morgan fingerprint density at radius 2 is 1.77 bits per heavy atom. The lowest BCUT2D eigenvalue weighted by molar-refractivity contribution is -0.139. The number of likely N-dealkylation sites (tertiary alicyclic amines) is 1. The molecule has 1 fully saturated rings. The minimum atomic E-state index is -0.970. The summed E-state index contributed by atoms with van der Waals surface area (Å²) in [7, 11) is 0. The van der Waals surface area contributed by atoms with Crippen molar-refractivity contribution in [2.45, 2.75) is 84.3 Å². The van der Waals surface area contributed by atoms with Crippen molar-refractivity contribution >= 4 is 23.5 Å². The van der Waals surface area contributed by atoms with Gasteiger partial charge < -0.3 is 34.9 Å². The third kappa shape index (κ3) is 11.0. The zero-order valence-electron chi connectivity index (χ0n) is 32.5. The van der Waals surface area contributed by atoms with Gasteiger partial charge in [-0.05, 0) is 116 Å². The Morgan fingerprint density at radius 1 is 1.00 bits per heavy atom. The zero-order valence-corrected chi connectivity index (χ0v) is 33.3. The maximum Gasteiger partial charge on any atom is 0.320 e. The fourth-order valence-electron chi connectivity index (χ4n) is 7.36. The smallest absolute Gasteiger partial charge is 0.320 e. The molecule has 1 saturated heterocycles. The molecule has 1 amide bonds. The van der Waals surface area contributed by atoms with Gasteiger partial charge in [-0.25, -0.2) is 4.39 Å². The van der Waals surface area contributed by atoms with Gasteiger partial charge in [-0.15, -0.1) is 0 Å². The van der Waals surface area contributed by atoms with Crippen molar-refractivity contribution in [3.63, 3.8) is 0 Å². The molecular formula is C45H50ClFN4O6. The topological polar surface area (TPSA) is 133 Å². The van der Waals surface area contributed by atoms with E-state index in [-0.39, 0.29) is 25.7 Å². The number of rotatable bonds is 10. The molecule has 2 bridgehead atoms. The molecule has 12 heteroatoms. The minimum Gasteiger partial charge on any atom is -0.493 e. The lowest BCUT2D eigenvalue weighted by atomic mass is 9.93. The summed E-state index contributed by atoms with van der Waals surface area (Å²) < 4.78 is 32.4. The molecule has 6 rings (SSSR count). The molecule has 0 saturated carbocycles. The quantitative estimate of drug-likeness (QED) is 0.136. The Hall–Kier alpha value is -5.15. The van der Waals surface area contributed by atoms with Crippen molar-refractivity contribution in [2.75, 3.05) is 32.8 Å². The van der Waals surface area contributed by atoms with Crippen LogP contribution in [0, 0.1) is 25.2 Å². The molecule has 57 heavy (non-hydrogen) atoms. The number of amides is 1. The first-order valence-corrected chi connectivity index (χ1v) is 20.0. The maximum atomic E-state index is 13.5. The van der Waals surface area contributed by atoms with Gasteiger partial charge in [0.25, 0.3) is 5.91 Å². The molecule has 0 aliphatic carbocycles. The number of ether oxygens (including phenoxy) is 3. The Balaban J connectivity index is 1.19. The second kappa shape index (κ2) is 19.8. The lowest BCUT2D eigenvalue weighted by Crippen LogP contribution is -2.36. The van der Waals surface area contributed by atoms with Crippen LogP contribution in [-0.4, -0.2) is 66.9 Å². The van der Waals surface area contributed by atoms with Crippen LogP contribution in [0.5, 0.6) is 17.2 Å². The number of carbonyl (C=O) groups excluding carboxylic acids is 1. The Kier molecular flexibility index (Phi) is 14.4. The molecule has 0 unspecified atom stereocenters. The number of nitriles is 1. The number of nitrogens with one attached hydrogen (secondary N) is 2. The fourth-order valence-corrected chi connectivity index (χ4v) is 7.60. The number of hydrogen-bond acceptors (Lipinski definition) is 8. The van der Waals surface area contributed by atoms with E-state index in [0.29, 0.717) is 84.0 Å². The summed E-state index contributed by atoms with van der Waals surface area (Å²) >= 11 is 6.82. The lowest BCUT2D eigenvalue weighted by Gasteiger charge is -2.28. The van der Waals surface area contributed by atoms with E-state index in [0.717, 1.165) is 59.6 Å². The standard InChI is InChI=1S/C45H50ClFN4O6/c1-29-33(8-5-9-37(29)38-10-6-12-41(30(38)2)55-19-7-16-51-17-13-36(47)14-18-51)28-57-43-24-42-35(23-39(43)46)26-50-40(45(53)54)11-3-4-15-49-44(52)34-21-31(25-48)20-32(22-34)27-56-42/h5-6,8-10,12,20-24,36,40,50H,3-4,7,11,13-19,26-28H2,1-2H3,(H,49,52)(H,53,54)/t40-/m0/s1. The Labute approximate surface area is 338 Å². The van der Waals surface area contributed by atoms with Gasteiger partial charge in [0.05, 0.1) is 23.3 Å². The van der Waals surface area contributed by atoms with Gasteiger partial charge in [0, 0.05) is 49.9 Å². The van der Waals surface area contributed by atoms with Crippen LogP contribution in [-0.2, 0) is 24.6 Å². The molecular weight excluding hydrogens is 747 g/mol. The van der Waals surface area contributed by atoms with E-state index in [9.17, 15) is 24.3 Å². The first-order chi connectivity index (χ1) is 27.6. The van der Waals surface area contributed by atoms with Crippen molar-refractivity contribution in [1.82, 2.24) is 15.5 Å². The van der Waals surface area contributed by atoms with Gasteiger partial charge >= 0.3 is 5.97 Å². The van der Waals surface area contributed by atoms with Crippen LogP contribution in [0.15, 0.2) is 66.7 Å². The van der Waals surface area contributed by atoms with Gasteiger partial charge in [0.15, 0.2) is 0 Å². The van der Waals surface area contributed by atoms with Crippen LogP contribution < -0.4 is 24.8 Å². The van der Waals surface area contributed by atoms with E-state index in [1.54, 1.807) is 24.3 Å². The zero-order chi connectivity index (χ0) is 40.3. The van der Waals surface area contributed by atoms with Crippen LogP contribution in [0.3, 0.4) is 0 Å². The van der Waals surface area contributed by atoms with E-state index in [1.165, 1.54) is 6.07 Å². The number of carboxylic acids is 1. The number of fused-ring (bicyclic) bond motifs is 3. The minimum absolute atomic E-state index is 0.0365. The number of halogens is 2. The normalized spacial score (nSPS) is 17.1. The van der Waals surface area contributed by atoms with E-state index in [1.807, 2.05) is 24.3 Å². The Morgan fingerprint density at radius 3 is 2.54 bits per heavy atom. The van der Waals surface area contributed by atoms with E-state index >= 15 is 0 Å². The average molecular weight is 797 g/mol. The molecule has 4 aromatic carbocycles. The summed E-state index contributed by atoms with van der Waals surface area (Å²) in [6.45, 7) is 8.02. The number of carboxylic acid groups (broad SMARTS) is 1. The molecule has 4 aromatic rings. The second-order valence-electron chi connectivity index (χ2n) is 14.8. The summed E-state index contributed by atoms with van der Waals surface area (Å²) in [5.41, 5.74) is 7.12. The highest BCUT2D eigenvalue weighted by Crippen LogP contribution is 2.36. The van der Waals surface area contributed by atoms with Crippen LogP contribution in [0.1, 0.15) is 82.3 Å². The highest BCUT2D eigenvalue weighted by molar-refractivity contribution is 6.32. The molecule has 0 aromatic heterocycles. The summed E-state index contributed by atoms with van der Waals surface area (Å²) in [4.78, 5) is 27.3. The Bertz CT molecular complexity index is 2100. The molecule has 2 aliphatic rings. The number of benzene rings is 4. The molecule has 1 atom stereocenters. The number of piperidine rings is 1. The SMILES string of the molecule is Cc1c(COc2cc3c(cc2Cl)CN[C@H](C(=O)O)CCCCNC(=O)c2cc(C#N)cc(c2)CO3)cccc1-c1cccc(OCCCN2CCC(F)CC2)c1C. The summed E-state index contributed by atoms with van der Waals surface area (Å²) in [5.74, 6) is 0.360. The highest BCUT2D eigenvalue weighted by atomic mass is 35.5. The molecule has 300 valence electrons. The molecule has 10 nitrogen and oxygen atoms in total. The second-order valence-corrected chi connectivity index (χ2v) is 15.2. The van der Waals surface area contributed by atoms with E-state index in [4.69, 9.17) is 25.8 Å². The number of alkyl halides is 1. The van der Waals surface area contributed by atoms with E-state index < -0.39 is 18.2 Å². The van der Waals surface area contributed by atoms with Crippen LogP contribution in [0.25, 0.3) is 11.1 Å². The van der Waals surface area contributed by atoms with E-state index in [2.05, 4.69) is 47.6 Å². The predicted octanol–water partition coefficient (Wildman–Crippen LogP) is 8.31. The van der Waals surface area contributed by atoms with Gasteiger partial charge in [-0.2, -0.15) is 5.26 Å². The summed E-state index contributed by atoms with van der Waals surface area (Å²) in [6.07, 6.45) is 2.96. The summed E-state index contributed by atoms with van der Waals surface area (Å²) in [6, 6.07) is 21.8. The summed E-state index contributed by atoms with van der Waals surface area (Å²) in [5, 5.41) is 25.9.